The number of ether oxygens (including phenoxy) is 2. The molecule has 12 heteroatoms. The second-order valence-electron chi connectivity index (χ2n) is 10.5. The van der Waals surface area contributed by atoms with E-state index in [9.17, 15) is 4.79 Å². The standard InChI is InChI=1S/C32H37N7O3S2/c1-39(2)17-28-37-23(19-44-28)18-43-14-13-34-32-35-15-26(31(40)38-32)30(27-16-33-20-36-27)29(21-5-9-24(41-3)10-6-21)22-7-11-25(42-4)12-8-22/h5-12,15-16,19-20,29-30H,13-14,17-18H2,1-4H3,(H,33,36)(H2,34,35,38,40). The number of hydrogen-bond acceptors (Lipinski definition) is 10. The molecule has 5 aromatic rings. The largest absolute Gasteiger partial charge is 0.497 e. The third-order valence-electron chi connectivity index (χ3n) is 7.14. The van der Waals surface area contributed by atoms with Gasteiger partial charge in [0.25, 0.3) is 5.56 Å². The van der Waals surface area contributed by atoms with Gasteiger partial charge in [-0.15, -0.1) is 11.3 Å². The van der Waals surface area contributed by atoms with E-state index in [4.69, 9.17) is 14.5 Å². The molecule has 0 saturated heterocycles. The lowest BCUT2D eigenvalue weighted by Crippen LogP contribution is -2.25. The van der Waals surface area contributed by atoms with Gasteiger partial charge in [0.2, 0.25) is 5.95 Å². The lowest BCUT2D eigenvalue weighted by molar-refractivity contribution is 0.401. The Kier molecular flexibility index (Phi) is 10.7. The van der Waals surface area contributed by atoms with E-state index in [1.54, 1.807) is 56.0 Å². The van der Waals surface area contributed by atoms with Gasteiger partial charge in [-0.1, -0.05) is 24.3 Å². The number of imidazole rings is 1. The van der Waals surface area contributed by atoms with Crippen LogP contribution in [0, 0.1) is 0 Å². The topological polar surface area (TPSA) is 121 Å². The molecule has 0 spiro atoms. The normalized spacial score (nSPS) is 12.0. The van der Waals surface area contributed by atoms with Crippen molar-refractivity contribution in [1.82, 2.24) is 29.8 Å². The minimum absolute atomic E-state index is 0.210. The van der Waals surface area contributed by atoms with Gasteiger partial charge in [0.1, 0.15) is 16.5 Å². The maximum Gasteiger partial charge on any atom is 0.256 e. The van der Waals surface area contributed by atoms with Crippen molar-refractivity contribution in [3.05, 3.63) is 116 Å². The maximum atomic E-state index is 13.7. The van der Waals surface area contributed by atoms with Crippen molar-refractivity contribution in [3.63, 3.8) is 0 Å². The SMILES string of the molecule is COc1ccc(C(c2ccc(OC)cc2)C(c2cnc[nH]2)c2cnc(NCCSCc3csc(CN(C)C)n3)[nH]c2=O)cc1. The molecule has 0 aliphatic carbocycles. The molecule has 0 amide bonds. The first kappa shape index (κ1) is 31.3. The van der Waals surface area contributed by atoms with Crippen LogP contribution in [0.4, 0.5) is 5.95 Å². The van der Waals surface area contributed by atoms with Crippen molar-refractivity contribution in [2.75, 3.05) is 45.9 Å². The number of aromatic amines is 2. The fraction of sp³-hybridized carbons (Fsp3) is 0.312. The average molecular weight is 632 g/mol. The second-order valence-corrected chi connectivity index (χ2v) is 12.5. The number of H-pyrrole nitrogens is 2. The molecule has 3 N–H and O–H groups in total. The van der Waals surface area contributed by atoms with Crippen molar-refractivity contribution in [2.24, 2.45) is 0 Å². The molecule has 0 aliphatic heterocycles. The Hall–Kier alpha value is -4.13. The molecule has 0 bridgehead atoms. The molecule has 2 aromatic carbocycles. The summed E-state index contributed by atoms with van der Waals surface area (Å²) in [4.78, 5) is 35.6. The Morgan fingerprint density at radius 1 is 0.977 bits per heavy atom. The molecular formula is C32H37N7O3S2. The molecule has 3 aromatic heterocycles. The molecule has 44 heavy (non-hydrogen) atoms. The predicted molar refractivity (Wildman–Crippen MR) is 177 cm³/mol. The van der Waals surface area contributed by atoms with Gasteiger partial charge in [-0.25, -0.2) is 15.0 Å². The summed E-state index contributed by atoms with van der Waals surface area (Å²) >= 11 is 3.49. The van der Waals surface area contributed by atoms with E-state index in [-0.39, 0.29) is 11.5 Å². The van der Waals surface area contributed by atoms with E-state index < -0.39 is 5.92 Å². The highest BCUT2D eigenvalue weighted by Gasteiger charge is 2.32. The fourth-order valence-corrected chi connectivity index (χ4v) is 6.82. The Balaban J connectivity index is 1.35. The summed E-state index contributed by atoms with van der Waals surface area (Å²) in [7, 11) is 7.38. The Morgan fingerprint density at radius 2 is 1.66 bits per heavy atom. The third-order valence-corrected chi connectivity index (χ3v) is 9.01. The molecule has 1 atom stereocenters. The smallest absolute Gasteiger partial charge is 0.256 e. The van der Waals surface area contributed by atoms with Crippen LogP contribution in [0.3, 0.4) is 0 Å². The van der Waals surface area contributed by atoms with E-state index in [0.29, 0.717) is 18.1 Å². The van der Waals surface area contributed by atoms with Gasteiger partial charge in [-0.2, -0.15) is 11.8 Å². The summed E-state index contributed by atoms with van der Waals surface area (Å²) in [5.74, 6) is 3.03. The Bertz CT molecular complexity index is 1610. The number of nitrogens with one attached hydrogen (secondary N) is 3. The van der Waals surface area contributed by atoms with Gasteiger partial charge < -0.3 is 24.7 Å². The van der Waals surface area contributed by atoms with E-state index in [2.05, 4.69) is 35.5 Å². The summed E-state index contributed by atoms with van der Waals surface area (Å²) < 4.78 is 10.8. The first-order valence-electron chi connectivity index (χ1n) is 14.2. The highest BCUT2D eigenvalue weighted by molar-refractivity contribution is 7.98. The van der Waals surface area contributed by atoms with Crippen molar-refractivity contribution in [3.8, 4) is 11.5 Å². The van der Waals surface area contributed by atoms with Crippen LogP contribution in [0.25, 0.3) is 0 Å². The van der Waals surface area contributed by atoms with Crippen LogP contribution < -0.4 is 20.3 Å². The zero-order valence-corrected chi connectivity index (χ0v) is 26.9. The van der Waals surface area contributed by atoms with Gasteiger partial charge in [0, 0.05) is 65.5 Å². The minimum Gasteiger partial charge on any atom is -0.497 e. The number of thioether (sulfide) groups is 1. The van der Waals surface area contributed by atoms with Crippen molar-refractivity contribution in [1.29, 1.82) is 0 Å². The van der Waals surface area contributed by atoms with Crippen molar-refractivity contribution >= 4 is 29.0 Å². The van der Waals surface area contributed by atoms with E-state index >= 15 is 0 Å². The number of aromatic nitrogens is 5. The number of anilines is 1. The first-order valence-corrected chi connectivity index (χ1v) is 16.2. The van der Waals surface area contributed by atoms with E-state index in [0.717, 1.165) is 57.1 Å². The molecule has 0 saturated carbocycles. The Morgan fingerprint density at radius 3 is 2.23 bits per heavy atom. The third kappa shape index (κ3) is 7.87. The summed E-state index contributed by atoms with van der Waals surface area (Å²) in [6, 6.07) is 15.8. The molecule has 230 valence electrons. The Labute approximate surface area is 265 Å². The lowest BCUT2D eigenvalue weighted by Gasteiger charge is -2.27. The molecule has 5 rings (SSSR count). The zero-order valence-electron chi connectivity index (χ0n) is 25.2. The van der Waals surface area contributed by atoms with Crippen LogP contribution in [0.15, 0.2) is 77.4 Å². The van der Waals surface area contributed by atoms with Crippen LogP contribution in [0.2, 0.25) is 0 Å². The monoisotopic (exact) mass is 631 g/mol. The lowest BCUT2D eigenvalue weighted by atomic mass is 9.76. The molecule has 10 nitrogen and oxygen atoms in total. The zero-order chi connectivity index (χ0) is 30.9. The summed E-state index contributed by atoms with van der Waals surface area (Å²) in [6.45, 7) is 1.51. The maximum absolute atomic E-state index is 13.7. The van der Waals surface area contributed by atoms with Crippen LogP contribution in [0.1, 0.15) is 44.9 Å². The predicted octanol–water partition coefficient (Wildman–Crippen LogP) is 5.34. The number of benzene rings is 2. The molecular weight excluding hydrogens is 595 g/mol. The molecule has 0 fully saturated rings. The molecule has 0 aliphatic rings. The van der Waals surface area contributed by atoms with Crippen molar-refractivity contribution < 1.29 is 9.47 Å². The second kappa shape index (κ2) is 15.0. The molecule has 0 radical (unpaired) electrons. The first-order chi connectivity index (χ1) is 21.4. The van der Waals surface area contributed by atoms with Gasteiger partial charge in [0.05, 0.1) is 26.2 Å². The van der Waals surface area contributed by atoms with Crippen LogP contribution in [0.5, 0.6) is 11.5 Å². The van der Waals surface area contributed by atoms with Crippen molar-refractivity contribution in [2.45, 2.75) is 24.1 Å². The highest BCUT2D eigenvalue weighted by atomic mass is 32.2. The minimum atomic E-state index is -0.393. The summed E-state index contributed by atoms with van der Waals surface area (Å²) in [5.41, 5.74) is 4.26. The number of nitrogens with zero attached hydrogens (tertiary/aromatic N) is 4. The fourth-order valence-electron chi connectivity index (χ4n) is 5.06. The highest BCUT2D eigenvalue weighted by Crippen LogP contribution is 2.42. The van der Waals surface area contributed by atoms with Crippen LogP contribution >= 0.6 is 23.1 Å². The average Bonchev–Trinajstić information content (AvgIpc) is 3.73. The number of rotatable bonds is 15. The molecule has 1 unspecified atom stereocenters. The van der Waals surface area contributed by atoms with Gasteiger partial charge in [-0.3, -0.25) is 9.78 Å². The number of thiazole rings is 1. The number of methoxy groups -OCH3 is 2. The quantitative estimate of drug-likeness (QED) is 0.132. The van der Waals surface area contributed by atoms with Gasteiger partial charge in [-0.05, 0) is 49.5 Å². The van der Waals surface area contributed by atoms with E-state index in [1.807, 2.05) is 62.6 Å². The molecule has 3 heterocycles. The van der Waals surface area contributed by atoms with E-state index in [1.165, 1.54) is 0 Å². The van der Waals surface area contributed by atoms with Gasteiger partial charge in [0.15, 0.2) is 0 Å². The van der Waals surface area contributed by atoms with Crippen LogP contribution in [-0.4, -0.2) is 70.4 Å². The van der Waals surface area contributed by atoms with Crippen LogP contribution in [-0.2, 0) is 12.3 Å². The van der Waals surface area contributed by atoms with Gasteiger partial charge >= 0.3 is 0 Å². The summed E-state index contributed by atoms with van der Waals surface area (Å²) in [6.07, 6.45) is 5.06. The number of hydrogen-bond donors (Lipinski definition) is 3. The summed E-state index contributed by atoms with van der Waals surface area (Å²) in [5, 5.41) is 6.51.